The molecule has 0 atom stereocenters. The number of carbonyl (C=O) groups excluding carboxylic acids is 3. The van der Waals surface area contributed by atoms with Crippen LogP contribution in [-0.4, -0.2) is 62.5 Å². The first kappa shape index (κ1) is 24.6. The Kier molecular flexibility index (Phi) is 7.12. The van der Waals surface area contributed by atoms with Crippen LogP contribution >= 0.6 is 0 Å². The van der Waals surface area contributed by atoms with Crippen molar-refractivity contribution >= 4 is 46.2 Å². The molecule has 2 amide bonds. The van der Waals surface area contributed by atoms with Crippen LogP contribution in [0.3, 0.4) is 0 Å². The van der Waals surface area contributed by atoms with Gasteiger partial charge in [0.05, 0.1) is 24.9 Å². The highest BCUT2D eigenvalue weighted by Crippen LogP contribution is 2.37. The number of amides is 2. The van der Waals surface area contributed by atoms with Crippen molar-refractivity contribution in [1.29, 1.82) is 0 Å². The van der Waals surface area contributed by atoms with Gasteiger partial charge in [-0.1, -0.05) is 30.3 Å². The lowest BCUT2D eigenvalue weighted by Crippen LogP contribution is -2.34. The summed E-state index contributed by atoms with van der Waals surface area (Å²) in [5.41, 5.74) is 3.96. The smallest absolute Gasteiger partial charge is 0.356 e. The molecule has 0 fully saturated rings. The molecule has 0 unspecified atom stereocenters. The molecule has 0 radical (unpaired) electrons. The lowest BCUT2D eigenvalue weighted by Gasteiger charge is -2.20. The summed E-state index contributed by atoms with van der Waals surface area (Å²) >= 11 is 0. The van der Waals surface area contributed by atoms with Gasteiger partial charge in [-0.25, -0.2) is 9.78 Å². The van der Waals surface area contributed by atoms with Crippen molar-refractivity contribution in [3.8, 4) is 0 Å². The van der Waals surface area contributed by atoms with Gasteiger partial charge < -0.3 is 25.2 Å². The maximum Gasteiger partial charge on any atom is 0.356 e. The Balaban J connectivity index is 1.71. The van der Waals surface area contributed by atoms with E-state index in [1.54, 1.807) is 18.0 Å². The van der Waals surface area contributed by atoms with Crippen molar-refractivity contribution < 1.29 is 19.1 Å². The van der Waals surface area contributed by atoms with Crippen LogP contribution in [0.2, 0.25) is 0 Å². The third-order valence-electron chi connectivity index (χ3n) is 5.68. The van der Waals surface area contributed by atoms with E-state index in [0.717, 1.165) is 16.9 Å². The van der Waals surface area contributed by atoms with Crippen molar-refractivity contribution in [2.24, 2.45) is 0 Å². The molecule has 0 bridgehead atoms. The lowest BCUT2D eigenvalue weighted by atomic mass is 10.0. The fourth-order valence-electron chi connectivity index (χ4n) is 3.83. The van der Waals surface area contributed by atoms with Crippen LogP contribution in [0.1, 0.15) is 21.6 Å². The number of benzene rings is 2. The zero-order valence-corrected chi connectivity index (χ0v) is 20.5. The summed E-state index contributed by atoms with van der Waals surface area (Å²) < 4.78 is 4.74. The van der Waals surface area contributed by atoms with Crippen molar-refractivity contribution in [3.05, 3.63) is 83.6 Å². The van der Waals surface area contributed by atoms with Crippen LogP contribution in [0.15, 0.2) is 66.7 Å². The zero-order valence-electron chi connectivity index (χ0n) is 20.5. The van der Waals surface area contributed by atoms with Crippen LogP contribution < -0.4 is 15.5 Å². The number of anilines is 3. The number of hydrogen-bond acceptors (Lipinski definition) is 7. The second-order valence-corrected chi connectivity index (χ2v) is 8.52. The Morgan fingerprint density at radius 3 is 2.31 bits per heavy atom. The summed E-state index contributed by atoms with van der Waals surface area (Å²) in [5, 5.41) is 6.12. The molecule has 184 valence electrons. The number of nitrogens with zero attached hydrogens (tertiary/aromatic N) is 3. The Hall–Kier alpha value is -4.50. The fourth-order valence-corrected chi connectivity index (χ4v) is 3.83. The Labute approximate surface area is 209 Å². The van der Waals surface area contributed by atoms with Gasteiger partial charge in [0, 0.05) is 24.0 Å². The summed E-state index contributed by atoms with van der Waals surface area (Å²) in [5.74, 6) is -0.646. The molecule has 2 aromatic carbocycles. The van der Waals surface area contributed by atoms with E-state index in [4.69, 9.17) is 4.74 Å². The van der Waals surface area contributed by atoms with Crippen molar-refractivity contribution in [1.82, 2.24) is 9.88 Å². The minimum atomic E-state index is -0.583. The van der Waals surface area contributed by atoms with E-state index in [9.17, 15) is 14.4 Å². The summed E-state index contributed by atoms with van der Waals surface area (Å²) in [4.78, 5) is 45.1. The number of hydrogen-bond donors (Lipinski definition) is 2. The molecule has 9 heteroatoms. The molecule has 2 N–H and O–H groups in total. The Morgan fingerprint density at radius 1 is 0.972 bits per heavy atom. The first-order valence-electron chi connectivity index (χ1n) is 11.3. The minimum absolute atomic E-state index is 0.0224. The third kappa shape index (κ3) is 5.11. The fraction of sp³-hybridized carbons (Fsp3) is 0.185. The molecule has 0 aliphatic carbocycles. The van der Waals surface area contributed by atoms with E-state index < -0.39 is 5.97 Å². The standard InChI is InChI=1S/C27H27N5O4/c1-31(2)16-22(33)32(3)19-12-10-18(11-13-19)28-24(17-8-6-5-7-9-17)23-20-14-15-21(27(35)36-4)29-25(20)30-26(23)34/h5-15,28H,16H2,1-4H3,(H,29,30,34). The monoisotopic (exact) mass is 485 g/mol. The number of carbonyl (C=O) groups is 3. The molecule has 0 saturated heterocycles. The number of fused-ring (bicyclic) bond motifs is 1. The molecule has 9 nitrogen and oxygen atoms in total. The van der Waals surface area contributed by atoms with Crippen molar-refractivity contribution in [2.75, 3.05) is 50.3 Å². The third-order valence-corrected chi connectivity index (χ3v) is 5.68. The van der Waals surface area contributed by atoms with Crippen LogP contribution in [0, 0.1) is 0 Å². The molecular weight excluding hydrogens is 458 g/mol. The molecular formula is C27H27N5O4. The summed E-state index contributed by atoms with van der Waals surface area (Å²) in [6, 6.07) is 20.1. The maximum absolute atomic E-state index is 13.1. The number of ether oxygens (including phenoxy) is 1. The molecule has 1 aromatic heterocycles. The average molecular weight is 486 g/mol. The van der Waals surface area contributed by atoms with E-state index in [2.05, 4.69) is 15.6 Å². The first-order chi connectivity index (χ1) is 17.3. The average Bonchev–Trinajstić information content (AvgIpc) is 3.21. The van der Waals surface area contributed by atoms with E-state index in [-0.39, 0.29) is 17.5 Å². The normalized spacial score (nSPS) is 13.6. The number of likely N-dealkylation sites (N-methyl/N-ethyl adjacent to an activating group) is 2. The predicted octanol–water partition coefficient (Wildman–Crippen LogP) is 3.33. The van der Waals surface area contributed by atoms with E-state index in [1.165, 1.54) is 13.2 Å². The van der Waals surface area contributed by atoms with Gasteiger partial charge in [-0.15, -0.1) is 0 Å². The molecule has 2 heterocycles. The summed E-state index contributed by atoms with van der Waals surface area (Å²) in [6.45, 7) is 0.307. The van der Waals surface area contributed by atoms with Gasteiger partial charge >= 0.3 is 5.97 Å². The maximum atomic E-state index is 13.1. The zero-order chi connectivity index (χ0) is 25.8. The summed E-state index contributed by atoms with van der Waals surface area (Å²) in [6.07, 6.45) is 0. The van der Waals surface area contributed by atoms with Crippen LogP contribution in [0.4, 0.5) is 17.2 Å². The number of aromatic nitrogens is 1. The minimum Gasteiger partial charge on any atom is -0.464 e. The molecule has 36 heavy (non-hydrogen) atoms. The SMILES string of the molecule is COC(=O)c1ccc2c(n1)NC(=O)C2=C(Nc1ccc(N(C)C(=O)CN(C)C)cc1)c1ccccc1. The number of methoxy groups -OCH3 is 1. The molecule has 1 aliphatic heterocycles. The molecule has 4 rings (SSSR count). The Bertz CT molecular complexity index is 1330. The highest BCUT2D eigenvalue weighted by atomic mass is 16.5. The van der Waals surface area contributed by atoms with Crippen LogP contribution in [0.5, 0.6) is 0 Å². The van der Waals surface area contributed by atoms with E-state index in [0.29, 0.717) is 29.2 Å². The van der Waals surface area contributed by atoms with Crippen LogP contribution in [0.25, 0.3) is 11.3 Å². The quantitative estimate of drug-likeness (QED) is 0.391. The number of esters is 1. The number of rotatable bonds is 7. The van der Waals surface area contributed by atoms with Gasteiger partial charge in [0.15, 0.2) is 5.69 Å². The summed E-state index contributed by atoms with van der Waals surface area (Å²) in [7, 11) is 6.71. The number of pyridine rings is 1. The second kappa shape index (κ2) is 10.4. The molecule has 0 spiro atoms. The van der Waals surface area contributed by atoms with Crippen molar-refractivity contribution in [2.45, 2.75) is 0 Å². The van der Waals surface area contributed by atoms with E-state index in [1.807, 2.05) is 73.6 Å². The van der Waals surface area contributed by atoms with Crippen LogP contribution in [-0.2, 0) is 14.3 Å². The highest BCUT2D eigenvalue weighted by Gasteiger charge is 2.30. The molecule has 0 saturated carbocycles. The lowest BCUT2D eigenvalue weighted by molar-refractivity contribution is -0.119. The molecule has 3 aromatic rings. The topological polar surface area (TPSA) is 104 Å². The van der Waals surface area contributed by atoms with Gasteiger partial charge in [0.1, 0.15) is 5.82 Å². The number of nitrogens with one attached hydrogen (secondary N) is 2. The largest absolute Gasteiger partial charge is 0.464 e. The van der Waals surface area contributed by atoms with E-state index >= 15 is 0 Å². The second-order valence-electron chi connectivity index (χ2n) is 8.52. The first-order valence-corrected chi connectivity index (χ1v) is 11.3. The molecule has 1 aliphatic rings. The van der Waals surface area contributed by atoms with Gasteiger partial charge in [-0.2, -0.15) is 0 Å². The van der Waals surface area contributed by atoms with Gasteiger partial charge in [0.2, 0.25) is 5.91 Å². The predicted molar refractivity (Wildman–Crippen MR) is 139 cm³/mol. The van der Waals surface area contributed by atoms with Gasteiger partial charge in [0.25, 0.3) is 5.91 Å². The van der Waals surface area contributed by atoms with Crippen molar-refractivity contribution in [3.63, 3.8) is 0 Å². The van der Waals surface area contributed by atoms with Gasteiger partial charge in [-0.3, -0.25) is 9.59 Å². The van der Waals surface area contributed by atoms with Gasteiger partial charge in [-0.05, 0) is 56.1 Å². The Morgan fingerprint density at radius 2 is 1.67 bits per heavy atom. The highest BCUT2D eigenvalue weighted by molar-refractivity contribution is 6.37.